The van der Waals surface area contributed by atoms with Crippen molar-refractivity contribution in [2.24, 2.45) is 5.92 Å². The van der Waals surface area contributed by atoms with Crippen molar-refractivity contribution in [1.29, 1.82) is 0 Å². The van der Waals surface area contributed by atoms with Crippen molar-refractivity contribution in [2.75, 3.05) is 7.11 Å². The fraction of sp³-hybridized carbons (Fsp3) is 0.409. The second-order valence-electron chi connectivity index (χ2n) is 7.42. The number of methoxy groups -OCH3 is 1. The summed E-state index contributed by atoms with van der Waals surface area (Å²) < 4.78 is 12.1. The maximum atomic E-state index is 13.0. The number of aliphatic hydroxyl groups is 1. The predicted molar refractivity (Wildman–Crippen MR) is 109 cm³/mol. The van der Waals surface area contributed by atoms with Crippen LogP contribution in [-0.2, 0) is 9.53 Å². The van der Waals surface area contributed by atoms with Crippen molar-refractivity contribution in [3.05, 3.63) is 60.2 Å². The van der Waals surface area contributed by atoms with Gasteiger partial charge in [-0.2, -0.15) is 0 Å². The van der Waals surface area contributed by atoms with Gasteiger partial charge in [-0.1, -0.05) is 0 Å². The van der Waals surface area contributed by atoms with Crippen LogP contribution in [0.3, 0.4) is 0 Å². The molecular weight excluding hydrogens is 407 g/mol. The van der Waals surface area contributed by atoms with Gasteiger partial charge in [0.25, 0.3) is 0 Å². The fourth-order valence-corrected chi connectivity index (χ4v) is 5.18. The third-order valence-electron chi connectivity index (χ3n) is 4.03. The Morgan fingerprint density at radius 3 is 2.33 bits per heavy atom. The van der Waals surface area contributed by atoms with Gasteiger partial charge in [-0.3, -0.25) is 0 Å². The molecule has 0 amide bonds. The van der Waals surface area contributed by atoms with E-state index in [-0.39, 0.29) is 25.7 Å². The minimum absolute atomic E-state index is 0.0165. The van der Waals surface area contributed by atoms with Crippen molar-refractivity contribution in [2.45, 2.75) is 44.2 Å². The molecular formula is C22H28O4Se. The van der Waals surface area contributed by atoms with Crippen LogP contribution in [0.2, 0.25) is 4.82 Å². The summed E-state index contributed by atoms with van der Waals surface area (Å²) in [5, 5.41) is 11.1. The van der Waals surface area contributed by atoms with Crippen molar-refractivity contribution in [3.63, 3.8) is 0 Å². The van der Waals surface area contributed by atoms with E-state index in [0.29, 0.717) is 11.3 Å². The molecule has 0 fully saturated rings. The molecule has 0 aliphatic heterocycles. The Morgan fingerprint density at radius 2 is 1.74 bits per heavy atom. The molecule has 4 nitrogen and oxygen atoms in total. The summed E-state index contributed by atoms with van der Waals surface area (Å²) in [4.78, 5) is 12.9. The molecule has 2 aromatic carbocycles. The van der Waals surface area contributed by atoms with Gasteiger partial charge in [-0.05, 0) is 0 Å². The van der Waals surface area contributed by atoms with Gasteiger partial charge >= 0.3 is 168 Å². The van der Waals surface area contributed by atoms with Gasteiger partial charge in [0, 0.05) is 0 Å². The maximum absolute atomic E-state index is 13.0. The van der Waals surface area contributed by atoms with E-state index in [9.17, 15) is 9.90 Å². The molecule has 1 N–H and O–H groups in total. The first kappa shape index (κ1) is 21.5. The zero-order chi connectivity index (χ0) is 20.0. The first-order valence-electron chi connectivity index (χ1n) is 8.98. The molecule has 2 rings (SSSR count). The number of carbonyl (C=O) groups is 1. The average Bonchev–Trinajstić information content (AvgIpc) is 2.61. The number of hydrogen-bond acceptors (Lipinski definition) is 4. The molecule has 0 aliphatic carbocycles. The summed E-state index contributed by atoms with van der Waals surface area (Å²) in [5.74, 6) is -0.379. The van der Waals surface area contributed by atoms with Crippen LogP contribution in [0.5, 0.6) is 5.75 Å². The summed E-state index contributed by atoms with van der Waals surface area (Å²) in [6.07, 6.45) is -0.962. The molecule has 27 heavy (non-hydrogen) atoms. The van der Waals surface area contributed by atoms with Crippen LogP contribution >= 0.6 is 0 Å². The molecule has 146 valence electrons. The second-order valence-corrected chi connectivity index (χ2v) is 10.5. The Hall–Kier alpha value is -1.81. The summed E-state index contributed by atoms with van der Waals surface area (Å²) in [6, 6.07) is 17.3. The molecule has 0 saturated carbocycles. The van der Waals surface area contributed by atoms with Crippen LogP contribution in [0.25, 0.3) is 0 Å². The average molecular weight is 435 g/mol. The Morgan fingerprint density at radius 1 is 1.07 bits per heavy atom. The third kappa shape index (κ3) is 6.39. The molecule has 0 bridgehead atoms. The molecule has 5 heteroatoms. The number of rotatable bonds is 7. The van der Waals surface area contributed by atoms with Crippen LogP contribution in [-0.4, -0.2) is 38.7 Å². The monoisotopic (exact) mass is 436 g/mol. The number of hydrogen-bond donors (Lipinski definition) is 1. The molecule has 3 atom stereocenters. The van der Waals surface area contributed by atoms with Gasteiger partial charge in [0.05, 0.1) is 0 Å². The fourth-order valence-electron chi connectivity index (χ4n) is 2.77. The summed E-state index contributed by atoms with van der Waals surface area (Å²) in [6.45, 7) is 7.53. The zero-order valence-electron chi connectivity index (χ0n) is 16.5. The van der Waals surface area contributed by atoms with Gasteiger partial charge in [0.1, 0.15) is 0 Å². The van der Waals surface area contributed by atoms with Crippen LogP contribution in [0.4, 0.5) is 0 Å². The van der Waals surface area contributed by atoms with Crippen LogP contribution < -0.4 is 9.20 Å². The second kappa shape index (κ2) is 9.41. The molecule has 0 aliphatic rings. The first-order chi connectivity index (χ1) is 12.7. The number of carbonyl (C=O) groups excluding carboxylic acids is 1. The van der Waals surface area contributed by atoms with E-state index >= 15 is 0 Å². The molecule has 0 spiro atoms. The van der Waals surface area contributed by atoms with Gasteiger partial charge in [-0.25, -0.2) is 0 Å². The van der Waals surface area contributed by atoms with Crippen molar-refractivity contribution >= 4 is 25.4 Å². The molecule has 0 heterocycles. The Balaban J connectivity index is 2.31. The standard InChI is InChI=1S/C22H28O4Se/c1-15(27-18-12-7-6-8-13-18)19(21(24)26-22(2,3)4)20(23)16-10-9-11-17(14-16)25-5/h6-15,19-20,23H,1-5H3/t15-,19-,20+/m0/s1. The van der Waals surface area contributed by atoms with E-state index in [1.54, 1.807) is 13.2 Å². The minimum atomic E-state index is -0.962. The van der Waals surface area contributed by atoms with Crippen LogP contribution in [0, 0.1) is 5.92 Å². The number of aliphatic hydroxyl groups excluding tert-OH is 1. The Kier molecular flexibility index (Phi) is 7.49. The number of esters is 1. The first-order valence-corrected chi connectivity index (χ1v) is 10.8. The predicted octanol–water partition coefficient (Wildman–Crippen LogP) is 3.52. The van der Waals surface area contributed by atoms with Gasteiger partial charge in [0.2, 0.25) is 0 Å². The summed E-state index contributed by atoms with van der Waals surface area (Å²) >= 11 is 0.0165. The third-order valence-corrected chi connectivity index (χ3v) is 6.56. The van der Waals surface area contributed by atoms with E-state index in [0.717, 1.165) is 0 Å². The zero-order valence-corrected chi connectivity index (χ0v) is 18.2. The van der Waals surface area contributed by atoms with Crippen LogP contribution in [0.1, 0.15) is 39.4 Å². The SMILES string of the molecule is COc1cccc([C@@H](O)[C@@H](C(=O)OC(C)(C)C)[C@H](C)[Se]c2ccccc2)c1. The van der Waals surface area contributed by atoms with Crippen molar-refractivity contribution in [1.82, 2.24) is 0 Å². The van der Waals surface area contributed by atoms with E-state index in [1.165, 1.54) is 4.46 Å². The molecule has 0 unspecified atom stereocenters. The number of benzene rings is 2. The Labute approximate surface area is 168 Å². The van der Waals surface area contributed by atoms with E-state index < -0.39 is 17.6 Å². The van der Waals surface area contributed by atoms with E-state index in [1.807, 2.05) is 64.1 Å². The van der Waals surface area contributed by atoms with Crippen molar-refractivity contribution in [3.8, 4) is 5.75 Å². The van der Waals surface area contributed by atoms with Gasteiger partial charge in [0.15, 0.2) is 0 Å². The van der Waals surface area contributed by atoms with E-state index in [2.05, 4.69) is 12.1 Å². The summed E-state index contributed by atoms with van der Waals surface area (Å²) in [5.41, 5.74) is 0.0454. The number of ether oxygens (including phenoxy) is 2. The molecule has 0 radical (unpaired) electrons. The van der Waals surface area contributed by atoms with Gasteiger partial charge < -0.3 is 0 Å². The van der Waals surface area contributed by atoms with Gasteiger partial charge in [-0.15, -0.1) is 0 Å². The molecule has 0 aromatic heterocycles. The Bertz CT molecular complexity index is 739. The van der Waals surface area contributed by atoms with Crippen molar-refractivity contribution < 1.29 is 19.4 Å². The normalized spacial score (nSPS) is 14.9. The molecule has 0 saturated heterocycles. The molecule has 2 aromatic rings. The van der Waals surface area contributed by atoms with E-state index in [4.69, 9.17) is 9.47 Å². The summed E-state index contributed by atoms with van der Waals surface area (Å²) in [7, 11) is 1.58. The topological polar surface area (TPSA) is 55.8 Å². The van der Waals surface area contributed by atoms with Crippen LogP contribution in [0.15, 0.2) is 54.6 Å². The quantitative estimate of drug-likeness (QED) is 0.534.